The monoisotopic (exact) mass is 210 g/mol. The number of aliphatic hydroxyl groups is 1. The molecular formula is C10H18N4O. The van der Waals surface area contributed by atoms with Crippen molar-refractivity contribution in [3.63, 3.8) is 0 Å². The fourth-order valence-corrected chi connectivity index (χ4v) is 2.27. The van der Waals surface area contributed by atoms with E-state index >= 15 is 0 Å². The Morgan fingerprint density at radius 2 is 2.40 bits per heavy atom. The quantitative estimate of drug-likeness (QED) is 0.732. The standard InChI is InChI=1S/C10H18N4O/c1-7-3-4-14(9(7)6-15)10-8(11)5-13(2)12-10/h5,7,9,15H,3-4,6,11H2,1-2H3. The summed E-state index contributed by atoms with van der Waals surface area (Å²) < 4.78 is 1.71. The number of aromatic nitrogens is 2. The van der Waals surface area contributed by atoms with E-state index < -0.39 is 0 Å². The smallest absolute Gasteiger partial charge is 0.174 e. The van der Waals surface area contributed by atoms with Crippen LogP contribution in [0.25, 0.3) is 0 Å². The van der Waals surface area contributed by atoms with E-state index in [2.05, 4.69) is 16.9 Å². The summed E-state index contributed by atoms with van der Waals surface area (Å²) >= 11 is 0. The lowest BCUT2D eigenvalue weighted by atomic mass is 10.0. The maximum Gasteiger partial charge on any atom is 0.174 e. The molecule has 2 rings (SSSR count). The molecule has 1 saturated heterocycles. The van der Waals surface area contributed by atoms with Gasteiger partial charge in [-0.25, -0.2) is 0 Å². The lowest BCUT2D eigenvalue weighted by Crippen LogP contribution is -2.35. The topological polar surface area (TPSA) is 67.3 Å². The van der Waals surface area contributed by atoms with Crippen LogP contribution in [-0.4, -0.2) is 34.1 Å². The van der Waals surface area contributed by atoms with Gasteiger partial charge in [-0.05, 0) is 12.3 Å². The van der Waals surface area contributed by atoms with Crippen LogP contribution in [0.5, 0.6) is 0 Å². The first-order valence-electron chi connectivity index (χ1n) is 5.30. The minimum atomic E-state index is 0.155. The van der Waals surface area contributed by atoms with Gasteiger partial charge in [0.05, 0.1) is 18.3 Å². The van der Waals surface area contributed by atoms with E-state index in [9.17, 15) is 5.11 Å². The van der Waals surface area contributed by atoms with E-state index in [4.69, 9.17) is 5.73 Å². The van der Waals surface area contributed by atoms with Crippen molar-refractivity contribution in [1.82, 2.24) is 9.78 Å². The number of nitrogen functional groups attached to an aromatic ring is 1. The molecule has 15 heavy (non-hydrogen) atoms. The van der Waals surface area contributed by atoms with Crippen LogP contribution in [-0.2, 0) is 7.05 Å². The Balaban J connectivity index is 2.27. The van der Waals surface area contributed by atoms with Crippen LogP contribution in [0.15, 0.2) is 6.20 Å². The molecule has 1 aliphatic rings. The minimum absolute atomic E-state index is 0.155. The van der Waals surface area contributed by atoms with E-state index in [0.29, 0.717) is 11.6 Å². The van der Waals surface area contributed by atoms with Gasteiger partial charge in [0.1, 0.15) is 0 Å². The predicted octanol–water partition coefficient (Wildman–Crippen LogP) is 0.209. The van der Waals surface area contributed by atoms with Gasteiger partial charge in [0.25, 0.3) is 0 Å². The van der Waals surface area contributed by atoms with Crippen molar-refractivity contribution in [3.05, 3.63) is 6.20 Å². The number of hydrogen-bond donors (Lipinski definition) is 2. The highest BCUT2D eigenvalue weighted by molar-refractivity contribution is 5.62. The summed E-state index contributed by atoms with van der Waals surface area (Å²) in [6, 6.07) is 0.155. The summed E-state index contributed by atoms with van der Waals surface area (Å²) in [5, 5.41) is 13.7. The van der Waals surface area contributed by atoms with E-state index in [1.165, 1.54) is 0 Å². The van der Waals surface area contributed by atoms with Gasteiger partial charge in [0, 0.05) is 19.8 Å². The summed E-state index contributed by atoms with van der Waals surface area (Å²) in [5.41, 5.74) is 6.56. The zero-order valence-electron chi connectivity index (χ0n) is 9.22. The average molecular weight is 210 g/mol. The highest BCUT2D eigenvalue weighted by atomic mass is 16.3. The van der Waals surface area contributed by atoms with Crippen molar-refractivity contribution in [2.45, 2.75) is 19.4 Å². The molecule has 0 bridgehead atoms. The molecule has 3 N–H and O–H groups in total. The molecule has 1 aromatic heterocycles. The first kappa shape index (κ1) is 10.3. The molecule has 1 aliphatic heterocycles. The summed E-state index contributed by atoms with van der Waals surface area (Å²) in [7, 11) is 1.85. The van der Waals surface area contributed by atoms with Gasteiger partial charge in [0.2, 0.25) is 0 Å². The molecule has 0 saturated carbocycles. The van der Waals surface area contributed by atoms with Crippen LogP contribution < -0.4 is 10.6 Å². The van der Waals surface area contributed by atoms with Crippen molar-refractivity contribution in [2.24, 2.45) is 13.0 Å². The first-order valence-corrected chi connectivity index (χ1v) is 5.30. The molecule has 2 unspecified atom stereocenters. The Hall–Kier alpha value is -1.23. The number of nitrogens with zero attached hydrogens (tertiary/aromatic N) is 3. The maximum absolute atomic E-state index is 9.35. The first-order chi connectivity index (χ1) is 7.13. The summed E-state index contributed by atoms with van der Waals surface area (Å²) in [5.74, 6) is 1.30. The molecule has 2 atom stereocenters. The normalized spacial score (nSPS) is 26.2. The minimum Gasteiger partial charge on any atom is -0.394 e. The van der Waals surface area contributed by atoms with Crippen molar-refractivity contribution >= 4 is 11.5 Å². The number of rotatable bonds is 2. The molecule has 2 heterocycles. The fraction of sp³-hybridized carbons (Fsp3) is 0.700. The van der Waals surface area contributed by atoms with Gasteiger partial charge in [0.15, 0.2) is 5.82 Å². The molecule has 0 amide bonds. The maximum atomic E-state index is 9.35. The third-order valence-corrected chi connectivity index (χ3v) is 3.18. The van der Waals surface area contributed by atoms with Gasteiger partial charge < -0.3 is 15.7 Å². The second kappa shape index (κ2) is 3.73. The third kappa shape index (κ3) is 1.67. The number of nitrogens with two attached hydrogens (primary N) is 1. The van der Waals surface area contributed by atoms with Gasteiger partial charge in [-0.1, -0.05) is 6.92 Å². The molecule has 0 spiro atoms. The molecule has 0 aliphatic carbocycles. The van der Waals surface area contributed by atoms with Crippen LogP contribution in [0.2, 0.25) is 0 Å². The van der Waals surface area contributed by atoms with Crippen LogP contribution in [0.1, 0.15) is 13.3 Å². The Morgan fingerprint density at radius 3 is 2.93 bits per heavy atom. The Bertz CT molecular complexity index is 349. The molecule has 1 aromatic rings. The molecule has 0 aromatic carbocycles. The predicted molar refractivity (Wildman–Crippen MR) is 59.6 cm³/mol. The highest BCUT2D eigenvalue weighted by Crippen LogP contribution is 2.31. The average Bonchev–Trinajstić information content (AvgIpc) is 2.69. The summed E-state index contributed by atoms with van der Waals surface area (Å²) in [6.07, 6.45) is 2.88. The molecular weight excluding hydrogens is 192 g/mol. The van der Waals surface area contributed by atoms with E-state index in [0.717, 1.165) is 18.8 Å². The molecule has 84 valence electrons. The molecule has 1 fully saturated rings. The number of anilines is 2. The zero-order chi connectivity index (χ0) is 11.0. The van der Waals surface area contributed by atoms with Gasteiger partial charge >= 0.3 is 0 Å². The summed E-state index contributed by atoms with van der Waals surface area (Å²) in [6.45, 7) is 3.24. The fourth-order valence-electron chi connectivity index (χ4n) is 2.27. The van der Waals surface area contributed by atoms with E-state index in [-0.39, 0.29) is 12.6 Å². The molecule has 5 nitrogen and oxygen atoms in total. The lowest BCUT2D eigenvalue weighted by molar-refractivity contribution is 0.244. The van der Waals surface area contributed by atoms with E-state index in [1.54, 1.807) is 10.9 Å². The van der Waals surface area contributed by atoms with Gasteiger partial charge in [-0.15, -0.1) is 0 Å². The van der Waals surface area contributed by atoms with Crippen molar-refractivity contribution in [1.29, 1.82) is 0 Å². The Labute approximate surface area is 89.5 Å². The molecule has 5 heteroatoms. The van der Waals surface area contributed by atoms with Crippen molar-refractivity contribution in [3.8, 4) is 0 Å². The van der Waals surface area contributed by atoms with Crippen LogP contribution in [0.4, 0.5) is 11.5 Å². The number of hydrogen-bond acceptors (Lipinski definition) is 4. The highest BCUT2D eigenvalue weighted by Gasteiger charge is 2.32. The SMILES string of the molecule is CC1CCN(c2nn(C)cc2N)C1CO. The third-order valence-electron chi connectivity index (χ3n) is 3.18. The van der Waals surface area contributed by atoms with Crippen molar-refractivity contribution < 1.29 is 5.11 Å². The lowest BCUT2D eigenvalue weighted by Gasteiger charge is -2.25. The summed E-state index contributed by atoms with van der Waals surface area (Å²) in [4.78, 5) is 2.11. The zero-order valence-corrected chi connectivity index (χ0v) is 9.22. The van der Waals surface area contributed by atoms with Crippen LogP contribution >= 0.6 is 0 Å². The number of aliphatic hydroxyl groups excluding tert-OH is 1. The van der Waals surface area contributed by atoms with Crippen LogP contribution in [0, 0.1) is 5.92 Å². The Kier molecular flexibility index (Phi) is 2.56. The van der Waals surface area contributed by atoms with E-state index in [1.807, 2.05) is 7.05 Å². The van der Waals surface area contributed by atoms with Gasteiger partial charge in [-0.3, -0.25) is 4.68 Å². The second-order valence-corrected chi connectivity index (χ2v) is 4.29. The Morgan fingerprint density at radius 1 is 1.67 bits per heavy atom. The second-order valence-electron chi connectivity index (χ2n) is 4.29. The van der Waals surface area contributed by atoms with Crippen molar-refractivity contribution in [2.75, 3.05) is 23.8 Å². The van der Waals surface area contributed by atoms with Crippen LogP contribution in [0.3, 0.4) is 0 Å². The largest absolute Gasteiger partial charge is 0.394 e. The van der Waals surface area contributed by atoms with Gasteiger partial charge in [-0.2, -0.15) is 5.10 Å². The number of aryl methyl sites for hydroxylation is 1. The molecule has 0 radical (unpaired) electrons.